The maximum absolute atomic E-state index is 12.6. The predicted molar refractivity (Wildman–Crippen MR) is 115 cm³/mol. The number of anilines is 1. The molecule has 2 aromatic carbocycles. The van der Waals surface area contributed by atoms with E-state index in [0.29, 0.717) is 22.3 Å². The molecule has 0 aliphatic carbocycles. The lowest BCUT2D eigenvalue weighted by Gasteiger charge is -2.37. The number of carbonyl (C=O) groups excluding carboxylic acids is 1. The van der Waals surface area contributed by atoms with Gasteiger partial charge in [-0.15, -0.1) is 0 Å². The van der Waals surface area contributed by atoms with Crippen LogP contribution < -0.4 is 5.32 Å². The third kappa shape index (κ3) is 6.80. The summed E-state index contributed by atoms with van der Waals surface area (Å²) in [6.07, 6.45) is 1.04. The molecule has 29 heavy (non-hydrogen) atoms. The van der Waals surface area contributed by atoms with Crippen LogP contribution in [0.2, 0.25) is 0 Å². The fraction of sp³-hybridized carbons (Fsp3) is 0.409. The van der Waals surface area contributed by atoms with Crippen LogP contribution in [0.1, 0.15) is 12.5 Å². The van der Waals surface area contributed by atoms with E-state index < -0.39 is 5.76 Å². The number of nitrogens with one attached hydrogen (secondary N) is 1. The van der Waals surface area contributed by atoms with Gasteiger partial charge in [0.05, 0.1) is 6.04 Å². The summed E-state index contributed by atoms with van der Waals surface area (Å²) in [4.78, 5) is 17.7. The van der Waals surface area contributed by atoms with Gasteiger partial charge in [0.2, 0.25) is 5.91 Å². The first-order chi connectivity index (χ1) is 14.0. The number of hydrogen-bond acceptors (Lipinski definition) is 4. The van der Waals surface area contributed by atoms with Gasteiger partial charge < -0.3 is 10.2 Å². The topological polar surface area (TPSA) is 35.6 Å². The maximum Gasteiger partial charge on any atom is 0.288 e. The van der Waals surface area contributed by atoms with Crippen LogP contribution in [0, 0.1) is 0 Å². The molecule has 1 atom stereocenters. The number of amides is 1. The van der Waals surface area contributed by atoms with Crippen molar-refractivity contribution in [2.45, 2.75) is 30.0 Å². The zero-order chi connectivity index (χ0) is 20.6. The second-order valence-corrected chi connectivity index (χ2v) is 8.24. The Labute approximate surface area is 175 Å². The van der Waals surface area contributed by atoms with Crippen molar-refractivity contribution in [3.63, 3.8) is 0 Å². The third-order valence-electron chi connectivity index (χ3n) is 5.24. The molecule has 156 valence electrons. The highest BCUT2D eigenvalue weighted by Gasteiger charge is 2.25. The van der Waals surface area contributed by atoms with Crippen LogP contribution in [0.5, 0.6) is 0 Å². The Hall–Kier alpha value is -1.96. The summed E-state index contributed by atoms with van der Waals surface area (Å²) < 4.78 is 24.8. The van der Waals surface area contributed by atoms with E-state index >= 15 is 0 Å². The number of benzene rings is 2. The molecule has 1 heterocycles. The molecule has 0 spiro atoms. The first kappa shape index (κ1) is 21.7. The minimum Gasteiger partial charge on any atom is -0.325 e. The van der Waals surface area contributed by atoms with Crippen LogP contribution in [0.4, 0.5) is 14.5 Å². The number of piperazine rings is 1. The van der Waals surface area contributed by atoms with Gasteiger partial charge in [-0.1, -0.05) is 42.1 Å². The van der Waals surface area contributed by atoms with Gasteiger partial charge >= 0.3 is 0 Å². The van der Waals surface area contributed by atoms with Crippen molar-refractivity contribution >= 4 is 23.4 Å². The number of carbonyl (C=O) groups is 1. The lowest BCUT2D eigenvalue weighted by molar-refractivity contribution is -0.121. The van der Waals surface area contributed by atoms with Crippen molar-refractivity contribution in [1.82, 2.24) is 9.80 Å². The molecule has 3 rings (SSSR count). The van der Waals surface area contributed by atoms with Crippen molar-refractivity contribution in [1.29, 1.82) is 0 Å². The second kappa shape index (κ2) is 10.7. The summed E-state index contributed by atoms with van der Waals surface area (Å²) in [5.74, 6) is -2.51. The first-order valence-electron chi connectivity index (χ1n) is 9.87. The average Bonchev–Trinajstić information content (AvgIpc) is 2.74. The molecule has 0 radical (unpaired) electrons. The summed E-state index contributed by atoms with van der Waals surface area (Å²) in [6, 6.07) is 16.8. The molecule has 1 fully saturated rings. The van der Waals surface area contributed by atoms with Crippen LogP contribution >= 0.6 is 11.8 Å². The van der Waals surface area contributed by atoms with Crippen molar-refractivity contribution < 1.29 is 13.6 Å². The lowest BCUT2D eigenvalue weighted by atomic mass is 10.1. The van der Waals surface area contributed by atoms with Crippen LogP contribution in [0.25, 0.3) is 0 Å². The number of rotatable bonds is 8. The molecule has 0 saturated carbocycles. The van der Waals surface area contributed by atoms with E-state index in [1.807, 2.05) is 13.0 Å². The highest BCUT2D eigenvalue weighted by Crippen LogP contribution is 2.26. The maximum atomic E-state index is 12.6. The molecule has 1 aliphatic heterocycles. The van der Waals surface area contributed by atoms with Crippen LogP contribution in [0.3, 0.4) is 0 Å². The Balaban J connectivity index is 1.42. The molecule has 1 amide bonds. The zero-order valence-electron chi connectivity index (χ0n) is 16.6. The standard InChI is InChI=1S/C22H27F2N3OS/c1-17(21(28)25-19-7-9-20(10-8-19)29-22(23)24)27-15-13-26(14-16-27)12-11-18-5-3-2-4-6-18/h2-10,17,22H,11-16H2,1H3,(H,25,28). The van der Waals surface area contributed by atoms with E-state index in [1.54, 1.807) is 24.3 Å². The van der Waals surface area contributed by atoms with Gasteiger partial charge in [-0.2, -0.15) is 8.78 Å². The zero-order valence-corrected chi connectivity index (χ0v) is 17.4. The van der Waals surface area contributed by atoms with Gasteiger partial charge in [0.25, 0.3) is 5.76 Å². The van der Waals surface area contributed by atoms with Gasteiger partial charge in [-0.05, 0) is 43.2 Å². The largest absolute Gasteiger partial charge is 0.325 e. The fourth-order valence-corrected chi connectivity index (χ4v) is 3.94. The molecule has 7 heteroatoms. The fourth-order valence-electron chi connectivity index (χ4n) is 3.44. The van der Waals surface area contributed by atoms with E-state index in [2.05, 4.69) is 39.4 Å². The van der Waals surface area contributed by atoms with E-state index in [9.17, 15) is 13.6 Å². The van der Waals surface area contributed by atoms with E-state index in [4.69, 9.17) is 0 Å². The van der Waals surface area contributed by atoms with Crippen molar-refractivity contribution in [3.8, 4) is 0 Å². The van der Waals surface area contributed by atoms with Crippen molar-refractivity contribution in [2.24, 2.45) is 0 Å². The normalized spacial score (nSPS) is 16.7. The van der Waals surface area contributed by atoms with Crippen LogP contribution in [0.15, 0.2) is 59.5 Å². The number of hydrogen-bond donors (Lipinski definition) is 1. The SMILES string of the molecule is CC(C(=O)Nc1ccc(SC(F)F)cc1)N1CCN(CCc2ccccc2)CC1. The minimum absolute atomic E-state index is 0.0722. The molecule has 1 N–H and O–H groups in total. The van der Waals surface area contributed by atoms with Crippen molar-refractivity contribution in [3.05, 3.63) is 60.2 Å². The molecular formula is C22H27F2N3OS. The Bertz CT molecular complexity index is 765. The molecule has 1 aliphatic rings. The van der Waals surface area contributed by atoms with E-state index in [0.717, 1.165) is 39.1 Å². The highest BCUT2D eigenvalue weighted by atomic mass is 32.2. The Kier molecular flexibility index (Phi) is 8.03. The van der Waals surface area contributed by atoms with E-state index in [-0.39, 0.29) is 11.9 Å². The van der Waals surface area contributed by atoms with Gasteiger partial charge in [0.1, 0.15) is 0 Å². The molecular weight excluding hydrogens is 392 g/mol. The second-order valence-electron chi connectivity index (χ2n) is 7.18. The number of thioether (sulfide) groups is 1. The number of alkyl halides is 2. The summed E-state index contributed by atoms with van der Waals surface area (Å²) in [7, 11) is 0. The van der Waals surface area contributed by atoms with Gasteiger partial charge in [-0.25, -0.2) is 0 Å². The Morgan fingerprint density at radius 1 is 1.03 bits per heavy atom. The minimum atomic E-state index is -2.44. The Morgan fingerprint density at radius 2 is 1.69 bits per heavy atom. The van der Waals surface area contributed by atoms with Crippen LogP contribution in [-0.4, -0.2) is 60.2 Å². The first-order valence-corrected chi connectivity index (χ1v) is 10.8. The van der Waals surface area contributed by atoms with Gasteiger partial charge in [0, 0.05) is 43.3 Å². The summed E-state index contributed by atoms with van der Waals surface area (Å²) in [5.41, 5.74) is 1.97. The van der Waals surface area contributed by atoms with Crippen LogP contribution in [-0.2, 0) is 11.2 Å². The molecule has 0 aromatic heterocycles. The van der Waals surface area contributed by atoms with Gasteiger partial charge in [0.15, 0.2) is 0 Å². The highest BCUT2D eigenvalue weighted by molar-refractivity contribution is 7.99. The predicted octanol–water partition coefficient (Wildman–Crippen LogP) is 4.19. The van der Waals surface area contributed by atoms with E-state index in [1.165, 1.54) is 5.56 Å². The third-order valence-corrected chi connectivity index (χ3v) is 5.96. The van der Waals surface area contributed by atoms with Gasteiger partial charge in [-0.3, -0.25) is 9.69 Å². The molecule has 1 saturated heterocycles. The quantitative estimate of drug-likeness (QED) is 0.651. The smallest absolute Gasteiger partial charge is 0.288 e. The number of halogens is 2. The molecule has 0 bridgehead atoms. The Morgan fingerprint density at radius 3 is 2.31 bits per heavy atom. The molecule has 1 unspecified atom stereocenters. The summed E-state index contributed by atoms with van der Waals surface area (Å²) in [6.45, 7) is 6.55. The lowest BCUT2D eigenvalue weighted by Crippen LogP contribution is -2.53. The number of nitrogens with zero attached hydrogens (tertiary/aromatic N) is 2. The van der Waals surface area contributed by atoms with Crippen molar-refractivity contribution in [2.75, 3.05) is 38.0 Å². The average molecular weight is 420 g/mol. The monoisotopic (exact) mass is 419 g/mol. The summed E-state index contributed by atoms with van der Waals surface area (Å²) >= 11 is 0.499. The molecule has 2 aromatic rings. The summed E-state index contributed by atoms with van der Waals surface area (Å²) in [5, 5.41) is 2.89. The molecule has 4 nitrogen and oxygen atoms in total.